The Morgan fingerprint density at radius 1 is 1.24 bits per heavy atom. The number of oxazole rings is 1. The third-order valence-corrected chi connectivity index (χ3v) is 3.39. The Bertz CT molecular complexity index is 796. The molecule has 3 rings (SSSR count). The molecule has 0 fully saturated rings. The van der Waals surface area contributed by atoms with Gasteiger partial charge in [-0.25, -0.2) is 4.98 Å². The standard InChI is InChI=1S/C16H15BrN2O2/c1-9(2)20-12-5-3-4-10(6-12)16-19-14-8-11(17)7-13(18)15(14)21-16/h3-9H,18H2,1-2H3. The number of fused-ring (bicyclic) bond motifs is 1. The Balaban J connectivity index is 2.06. The molecule has 5 heteroatoms. The van der Waals surface area contributed by atoms with E-state index in [0.717, 1.165) is 21.3 Å². The highest BCUT2D eigenvalue weighted by molar-refractivity contribution is 9.10. The predicted molar refractivity (Wildman–Crippen MR) is 87.3 cm³/mol. The lowest BCUT2D eigenvalue weighted by Gasteiger charge is -2.09. The SMILES string of the molecule is CC(C)Oc1cccc(-c2nc3cc(Br)cc(N)c3o2)c1. The topological polar surface area (TPSA) is 61.3 Å². The van der Waals surface area contributed by atoms with Crippen LogP contribution in [-0.4, -0.2) is 11.1 Å². The lowest BCUT2D eigenvalue weighted by atomic mass is 10.2. The van der Waals surface area contributed by atoms with E-state index in [1.807, 2.05) is 44.2 Å². The van der Waals surface area contributed by atoms with Crippen molar-refractivity contribution in [1.82, 2.24) is 4.98 Å². The number of benzene rings is 2. The molecule has 0 bridgehead atoms. The first-order valence-corrected chi connectivity index (χ1v) is 7.45. The normalized spacial score (nSPS) is 11.2. The van der Waals surface area contributed by atoms with E-state index in [0.29, 0.717) is 17.2 Å². The van der Waals surface area contributed by atoms with Gasteiger partial charge in [0.2, 0.25) is 5.89 Å². The van der Waals surface area contributed by atoms with Crippen LogP contribution < -0.4 is 10.5 Å². The molecule has 3 aromatic rings. The van der Waals surface area contributed by atoms with Crippen molar-refractivity contribution in [2.45, 2.75) is 20.0 Å². The van der Waals surface area contributed by atoms with Gasteiger partial charge in [-0.3, -0.25) is 0 Å². The van der Waals surface area contributed by atoms with Crippen molar-refractivity contribution in [3.05, 3.63) is 40.9 Å². The van der Waals surface area contributed by atoms with E-state index in [-0.39, 0.29) is 6.10 Å². The highest BCUT2D eigenvalue weighted by Gasteiger charge is 2.12. The third-order valence-electron chi connectivity index (χ3n) is 2.94. The summed E-state index contributed by atoms with van der Waals surface area (Å²) in [4.78, 5) is 4.49. The summed E-state index contributed by atoms with van der Waals surface area (Å²) in [6, 6.07) is 11.4. The zero-order valence-electron chi connectivity index (χ0n) is 11.8. The van der Waals surface area contributed by atoms with Crippen molar-refractivity contribution >= 4 is 32.7 Å². The summed E-state index contributed by atoms with van der Waals surface area (Å²) >= 11 is 3.41. The van der Waals surface area contributed by atoms with Gasteiger partial charge in [0.1, 0.15) is 11.3 Å². The molecule has 0 amide bonds. The fourth-order valence-corrected chi connectivity index (χ4v) is 2.58. The average Bonchev–Trinajstić information content (AvgIpc) is 2.82. The van der Waals surface area contributed by atoms with E-state index < -0.39 is 0 Å². The Morgan fingerprint density at radius 3 is 2.81 bits per heavy atom. The molecule has 0 saturated heterocycles. The van der Waals surface area contributed by atoms with Crippen LogP contribution in [0.1, 0.15) is 13.8 Å². The van der Waals surface area contributed by atoms with Gasteiger partial charge in [-0.1, -0.05) is 22.0 Å². The van der Waals surface area contributed by atoms with E-state index in [1.54, 1.807) is 6.07 Å². The fourth-order valence-electron chi connectivity index (χ4n) is 2.12. The van der Waals surface area contributed by atoms with Crippen molar-refractivity contribution in [3.63, 3.8) is 0 Å². The van der Waals surface area contributed by atoms with Crippen molar-refractivity contribution in [3.8, 4) is 17.2 Å². The molecule has 4 nitrogen and oxygen atoms in total. The van der Waals surface area contributed by atoms with Crippen LogP contribution in [0.15, 0.2) is 45.3 Å². The highest BCUT2D eigenvalue weighted by Crippen LogP contribution is 2.31. The van der Waals surface area contributed by atoms with Gasteiger partial charge in [-0.2, -0.15) is 0 Å². The Labute approximate surface area is 131 Å². The zero-order chi connectivity index (χ0) is 15.0. The Hall–Kier alpha value is -2.01. The molecular weight excluding hydrogens is 332 g/mol. The number of aromatic nitrogens is 1. The summed E-state index contributed by atoms with van der Waals surface area (Å²) < 4.78 is 12.4. The van der Waals surface area contributed by atoms with E-state index in [4.69, 9.17) is 14.9 Å². The fraction of sp³-hybridized carbons (Fsp3) is 0.188. The third kappa shape index (κ3) is 2.88. The van der Waals surface area contributed by atoms with Crippen LogP contribution in [0.25, 0.3) is 22.6 Å². The number of nitrogens with two attached hydrogens (primary N) is 1. The first kappa shape index (κ1) is 13.9. The average molecular weight is 347 g/mol. The molecular formula is C16H15BrN2O2. The molecule has 0 unspecified atom stereocenters. The van der Waals surface area contributed by atoms with E-state index in [2.05, 4.69) is 20.9 Å². The number of nitrogen functional groups attached to an aromatic ring is 1. The lowest BCUT2D eigenvalue weighted by molar-refractivity contribution is 0.242. The molecule has 0 saturated carbocycles. The summed E-state index contributed by atoms with van der Waals surface area (Å²) in [5, 5.41) is 0. The van der Waals surface area contributed by atoms with Crippen LogP contribution >= 0.6 is 15.9 Å². The molecule has 0 aliphatic carbocycles. The first-order chi connectivity index (χ1) is 10.0. The monoisotopic (exact) mass is 346 g/mol. The first-order valence-electron chi connectivity index (χ1n) is 6.65. The second kappa shape index (κ2) is 5.41. The molecule has 2 N–H and O–H groups in total. The Morgan fingerprint density at radius 2 is 2.05 bits per heavy atom. The van der Waals surface area contributed by atoms with Crippen molar-refractivity contribution < 1.29 is 9.15 Å². The molecule has 0 spiro atoms. The molecule has 1 heterocycles. The van der Waals surface area contributed by atoms with Gasteiger partial charge in [0, 0.05) is 10.0 Å². The predicted octanol–water partition coefficient (Wildman–Crippen LogP) is 4.63. The van der Waals surface area contributed by atoms with E-state index in [1.165, 1.54) is 0 Å². The minimum atomic E-state index is 0.121. The summed E-state index contributed by atoms with van der Waals surface area (Å²) in [6.07, 6.45) is 0.121. The number of rotatable bonds is 3. The van der Waals surface area contributed by atoms with Crippen LogP contribution in [0, 0.1) is 0 Å². The van der Waals surface area contributed by atoms with E-state index >= 15 is 0 Å². The van der Waals surface area contributed by atoms with Crippen LogP contribution in [0.5, 0.6) is 5.75 Å². The molecule has 21 heavy (non-hydrogen) atoms. The smallest absolute Gasteiger partial charge is 0.227 e. The van der Waals surface area contributed by atoms with Crippen LogP contribution in [0.2, 0.25) is 0 Å². The number of anilines is 1. The van der Waals surface area contributed by atoms with Gasteiger partial charge in [0.25, 0.3) is 0 Å². The Kier molecular flexibility index (Phi) is 3.59. The number of ether oxygens (including phenoxy) is 1. The van der Waals surface area contributed by atoms with Crippen molar-refractivity contribution in [1.29, 1.82) is 0 Å². The maximum Gasteiger partial charge on any atom is 0.227 e. The summed E-state index contributed by atoms with van der Waals surface area (Å²) in [5.41, 5.74) is 8.71. The lowest BCUT2D eigenvalue weighted by Crippen LogP contribution is -2.05. The van der Waals surface area contributed by atoms with Crippen LogP contribution in [-0.2, 0) is 0 Å². The maximum absolute atomic E-state index is 5.96. The maximum atomic E-state index is 5.96. The molecule has 1 aromatic heterocycles. The molecule has 0 radical (unpaired) electrons. The van der Waals surface area contributed by atoms with Gasteiger partial charge in [0.05, 0.1) is 11.8 Å². The van der Waals surface area contributed by atoms with Gasteiger partial charge >= 0.3 is 0 Å². The van der Waals surface area contributed by atoms with Gasteiger partial charge in [-0.05, 0) is 44.2 Å². The molecule has 0 aliphatic heterocycles. The number of nitrogens with zero attached hydrogens (tertiary/aromatic N) is 1. The second-order valence-corrected chi connectivity index (χ2v) is 5.97. The molecule has 2 aromatic carbocycles. The summed E-state index contributed by atoms with van der Waals surface area (Å²) in [7, 11) is 0. The minimum Gasteiger partial charge on any atom is -0.491 e. The summed E-state index contributed by atoms with van der Waals surface area (Å²) in [5.74, 6) is 1.32. The van der Waals surface area contributed by atoms with Gasteiger partial charge in [0.15, 0.2) is 5.58 Å². The zero-order valence-corrected chi connectivity index (χ0v) is 13.3. The minimum absolute atomic E-state index is 0.121. The molecule has 0 aliphatic rings. The number of halogens is 1. The van der Waals surface area contributed by atoms with Gasteiger partial charge in [-0.15, -0.1) is 0 Å². The van der Waals surface area contributed by atoms with Crippen LogP contribution in [0.4, 0.5) is 5.69 Å². The summed E-state index contributed by atoms with van der Waals surface area (Å²) in [6.45, 7) is 3.98. The molecule has 0 atom stereocenters. The molecule has 108 valence electrons. The second-order valence-electron chi connectivity index (χ2n) is 5.06. The van der Waals surface area contributed by atoms with Gasteiger partial charge < -0.3 is 14.9 Å². The van der Waals surface area contributed by atoms with Crippen molar-refractivity contribution in [2.75, 3.05) is 5.73 Å². The quantitative estimate of drug-likeness (QED) is 0.702. The highest BCUT2D eigenvalue weighted by atomic mass is 79.9. The number of hydrogen-bond acceptors (Lipinski definition) is 4. The van der Waals surface area contributed by atoms with Crippen molar-refractivity contribution in [2.24, 2.45) is 0 Å². The number of hydrogen-bond donors (Lipinski definition) is 1. The van der Waals surface area contributed by atoms with Crippen LogP contribution in [0.3, 0.4) is 0 Å². The largest absolute Gasteiger partial charge is 0.491 e. The van der Waals surface area contributed by atoms with E-state index in [9.17, 15) is 0 Å².